The molecular formula is C10H10ClN5O4S. The molecule has 0 radical (unpaired) electrons. The lowest BCUT2D eigenvalue weighted by Gasteiger charge is -2.09. The van der Waals surface area contributed by atoms with Crippen LogP contribution < -0.4 is 16.0 Å². The van der Waals surface area contributed by atoms with Crippen molar-refractivity contribution in [2.24, 2.45) is 14.1 Å². The zero-order chi connectivity index (χ0) is 15.8. The molecule has 1 N–H and O–H groups in total. The fourth-order valence-electron chi connectivity index (χ4n) is 1.53. The first kappa shape index (κ1) is 15.2. The molecule has 2 aromatic rings. The van der Waals surface area contributed by atoms with E-state index in [1.54, 1.807) is 0 Å². The summed E-state index contributed by atoms with van der Waals surface area (Å²) in [4.78, 5) is 30.3. The van der Waals surface area contributed by atoms with E-state index >= 15 is 0 Å². The van der Waals surface area contributed by atoms with Gasteiger partial charge < -0.3 is 4.57 Å². The Morgan fingerprint density at radius 2 is 1.81 bits per heavy atom. The number of nitrogens with one attached hydrogen (secondary N) is 1. The van der Waals surface area contributed by atoms with Gasteiger partial charge >= 0.3 is 5.69 Å². The molecular weight excluding hydrogens is 322 g/mol. The molecule has 0 bridgehead atoms. The lowest BCUT2D eigenvalue weighted by atomic mass is 10.6. The molecule has 0 amide bonds. The molecule has 2 rings (SSSR count). The molecule has 0 spiro atoms. The first-order valence-corrected chi connectivity index (χ1v) is 7.36. The Kier molecular flexibility index (Phi) is 3.83. The Bertz CT molecular complexity index is 918. The highest BCUT2D eigenvalue weighted by Crippen LogP contribution is 2.17. The summed E-state index contributed by atoms with van der Waals surface area (Å²) in [5.41, 5.74) is -1.60. The summed E-state index contributed by atoms with van der Waals surface area (Å²) in [5, 5.41) is -0.164. The molecule has 0 aliphatic carbocycles. The maximum atomic E-state index is 12.2. The molecule has 0 saturated heterocycles. The Morgan fingerprint density at radius 3 is 2.43 bits per heavy atom. The van der Waals surface area contributed by atoms with Crippen molar-refractivity contribution in [3.63, 3.8) is 0 Å². The minimum atomic E-state index is -4.26. The van der Waals surface area contributed by atoms with Gasteiger partial charge in [0.05, 0.1) is 0 Å². The molecule has 0 unspecified atom stereocenters. The second-order valence-electron chi connectivity index (χ2n) is 4.05. The van der Waals surface area contributed by atoms with E-state index in [1.807, 2.05) is 0 Å². The molecule has 0 fully saturated rings. The maximum Gasteiger partial charge on any atom is 0.330 e. The molecule has 9 nitrogen and oxygen atoms in total. The van der Waals surface area contributed by atoms with E-state index in [9.17, 15) is 18.0 Å². The Hall–Kier alpha value is -2.20. The van der Waals surface area contributed by atoms with E-state index in [2.05, 4.69) is 14.7 Å². The summed E-state index contributed by atoms with van der Waals surface area (Å²) >= 11 is 5.71. The van der Waals surface area contributed by atoms with Crippen LogP contribution in [0.3, 0.4) is 0 Å². The summed E-state index contributed by atoms with van der Waals surface area (Å²) < 4.78 is 28.2. The Labute approximate surface area is 123 Å². The van der Waals surface area contributed by atoms with Gasteiger partial charge in [0.1, 0.15) is 0 Å². The van der Waals surface area contributed by atoms with E-state index in [0.717, 1.165) is 10.8 Å². The van der Waals surface area contributed by atoms with Crippen molar-refractivity contribution >= 4 is 27.4 Å². The smallest absolute Gasteiger partial charge is 0.302 e. The van der Waals surface area contributed by atoms with E-state index in [1.165, 1.54) is 26.5 Å². The molecule has 0 aromatic carbocycles. The van der Waals surface area contributed by atoms with Crippen LogP contribution >= 0.6 is 11.6 Å². The summed E-state index contributed by atoms with van der Waals surface area (Å²) in [6, 6.07) is 0. The lowest BCUT2D eigenvalue weighted by molar-refractivity contribution is 0.589. The SMILES string of the molecule is Cn1cc(S(=O)(=O)Nc2nccnc2Cl)c(=O)n(C)c1=O. The van der Waals surface area contributed by atoms with Crippen molar-refractivity contribution in [3.8, 4) is 0 Å². The predicted octanol–water partition coefficient (Wildman–Crippen LogP) is -0.672. The minimum Gasteiger partial charge on any atom is -0.302 e. The minimum absolute atomic E-state index is 0.164. The molecule has 11 heteroatoms. The molecule has 2 heterocycles. The van der Waals surface area contributed by atoms with Crippen molar-refractivity contribution in [1.82, 2.24) is 19.1 Å². The molecule has 21 heavy (non-hydrogen) atoms. The third-order valence-corrected chi connectivity index (χ3v) is 4.19. The number of hydrogen-bond acceptors (Lipinski definition) is 6. The van der Waals surface area contributed by atoms with E-state index < -0.39 is 26.2 Å². The Morgan fingerprint density at radius 1 is 1.19 bits per heavy atom. The quantitative estimate of drug-likeness (QED) is 0.797. The highest BCUT2D eigenvalue weighted by molar-refractivity contribution is 7.92. The first-order chi connectivity index (χ1) is 9.74. The van der Waals surface area contributed by atoms with Crippen LogP contribution in [0.1, 0.15) is 0 Å². The number of sulfonamides is 1. The lowest BCUT2D eigenvalue weighted by Crippen LogP contribution is -2.40. The molecule has 0 aliphatic rings. The van der Waals surface area contributed by atoms with Crippen LogP contribution in [0.2, 0.25) is 5.15 Å². The van der Waals surface area contributed by atoms with E-state index in [0.29, 0.717) is 4.57 Å². The highest BCUT2D eigenvalue weighted by Gasteiger charge is 2.23. The third kappa shape index (κ3) is 2.81. The van der Waals surface area contributed by atoms with Crippen LogP contribution in [0.4, 0.5) is 5.82 Å². The van der Waals surface area contributed by atoms with Gasteiger partial charge in [-0.15, -0.1) is 0 Å². The molecule has 112 valence electrons. The molecule has 0 aliphatic heterocycles. The summed E-state index contributed by atoms with van der Waals surface area (Å²) in [5.74, 6) is -0.213. The standard InChI is InChI=1S/C10H10ClN5O4S/c1-15-5-6(9(17)16(2)10(15)18)21(19,20)14-8-7(11)12-3-4-13-8/h3-5H,1-2H3,(H,13,14). The van der Waals surface area contributed by atoms with Gasteiger partial charge in [-0.05, 0) is 0 Å². The van der Waals surface area contributed by atoms with Crippen LogP contribution in [-0.4, -0.2) is 27.5 Å². The van der Waals surface area contributed by atoms with Crippen molar-refractivity contribution in [2.75, 3.05) is 4.72 Å². The number of hydrogen-bond donors (Lipinski definition) is 1. The monoisotopic (exact) mass is 331 g/mol. The van der Waals surface area contributed by atoms with Gasteiger partial charge in [0.15, 0.2) is 15.9 Å². The Balaban J connectivity index is 2.59. The van der Waals surface area contributed by atoms with Crippen LogP contribution in [0, 0.1) is 0 Å². The summed E-state index contributed by atoms with van der Waals surface area (Å²) in [6.45, 7) is 0. The van der Waals surface area contributed by atoms with E-state index in [4.69, 9.17) is 11.6 Å². The number of halogens is 1. The third-order valence-electron chi connectivity index (χ3n) is 2.59. The van der Waals surface area contributed by atoms with Crippen molar-refractivity contribution in [2.45, 2.75) is 4.90 Å². The second-order valence-corrected chi connectivity index (χ2v) is 6.06. The highest BCUT2D eigenvalue weighted by atomic mass is 35.5. The van der Waals surface area contributed by atoms with Crippen molar-refractivity contribution in [3.05, 3.63) is 44.6 Å². The van der Waals surface area contributed by atoms with Crippen LogP contribution in [0.5, 0.6) is 0 Å². The van der Waals surface area contributed by atoms with Crippen LogP contribution in [0.15, 0.2) is 33.1 Å². The average Bonchev–Trinajstić information content (AvgIpc) is 2.42. The molecule has 0 saturated carbocycles. The zero-order valence-corrected chi connectivity index (χ0v) is 12.5. The van der Waals surface area contributed by atoms with Gasteiger partial charge in [0, 0.05) is 32.7 Å². The summed E-state index contributed by atoms with van der Waals surface area (Å²) in [7, 11) is -1.75. The van der Waals surface area contributed by atoms with Gasteiger partial charge in [-0.1, -0.05) is 11.6 Å². The predicted molar refractivity (Wildman–Crippen MR) is 74.8 cm³/mol. The average molecular weight is 332 g/mol. The molecule has 2 aromatic heterocycles. The van der Waals surface area contributed by atoms with Crippen LogP contribution in [-0.2, 0) is 24.1 Å². The first-order valence-electron chi connectivity index (χ1n) is 5.50. The van der Waals surface area contributed by atoms with Crippen molar-refractivity contribution in [1.29, 1.82) is 0 Å². The zero-order valence-electron chi connectivity index (χ0n) is 10.9. The van der Waals surface area contributed by atoms with E-state index in [-0.39, 0.29) is 11.0 Å². The number of anilines is 1. The van der Waals surface area contributed by atoms with Crippen LogP contribution in [0.25, 0.3) is 0 Å². The number of rotatable bonds is 3. The van der Waals surface area contributed by atoms with Crippen molar-refractivity contribution < 1.29 is 8.42 Å². The fourth-order valence-corrected chi connectivity index (χ4v) is 2.92. The number of aryl methyl sites for hydroxylation is 1. The normalized spacial score (nSPS) is 11.4. The van der Waals surface area contributed by atoms with Gasteiger partial charge in [-0.3, -0.25) is 14.1 Å². The largest absolute Gasteiger partial charge is 0.330 e. The molecule has 0 atom stereocenters. The maximum absolute atomic E-state index is 12.2. The topological polar surface area (TPSA) is 116 Å². The van der Waals surface area contributed by atoms with Gasteiger partial charge in [-0.25, -0.2) is 23.2 Å². The number of nitrogens with zero attached hydrogens (tertiary/aromatic N) is 4. The van der Waals surface area contributed by atoms with Gasteiger partial charge in [-0.2, -0.15) is 0 Å². The van der Waals surface area contributed by atoms with Gasteiger partial charge in [0.25, 0.3) is 15.6 Å². The second kappa shape index (κ2) is 5.30. The summed E-state index contributed by atoms with van der Waals surface area (Å²) in [6.07, 6.45) is 3.45. The van der Waals surface area contributed by atoms with Gasteiger partial charge in [0.2, 0.25) is 0 Å². The number of aromatic nitrogens is 4. The fraction of sp³-hybridized carbons (Fsp3) is 0.200.